The number of rotatable bonds is 1. The van der Waals surface area contributed by atoms with E-state index in [1.807, 2.05) is 22.7 Å². The van der Waals surface area contributed by atoms with Crippen molar-refractivity contribution in [3.8, 4) is 0 Å². The van der Waals surface area contributed by atoms with Gasteiger partial charge >= 0.3 is 0 Å². The van der Waals surface area contributed by atoms with E-state index in [0.29, 0.717) is 0 Å². The van der Waals surface area contributed by atoms with Gasteiger partial charge in [-0.3, -0.25) is 0 Å². The lowest BCUT2D eigenvalue weighted by molar-refractivity contribution is 1.02. The number of thiophene rings is 2. The first-order valence-corrected chi connectivity index (χ1v) is 7.25. The molecule has 0 unspecified atom stereocenters. The Morgan fingerprint density at radius 2 is 1.62 bits per heavy atom. The summed E-state index contributed by atoms with van der Waals surface area (Å²) in [7, 11) is 4.27. The van der Waals surface area contributed by atoms with Gasteiger partial charge in [-0.25, -0.2) is 0 Å². The minimum atomic E-state index is 1.14. The molecule has 0 aromatic carbocycles. The SMILES string of the molecule is Cc1csc2c1Cc1scc(N(C)C)c1C2. The maximum absolute atomic E-state index is 2.30. The Labute approximate surface area is 104 Å². The van der Waals surface area contributed by atoms with Crippen LogP contribution < -0.4 is 4.90 Å². The molecule has 0 atom stereocenters. The van der Waals surface area contributed by atoms with E-state index in [-0.39, 0.29) is 0 Å². The molecule has 0 saturated heterocycles. The molecule has 0 fully saturated rings. The number of fused-ring (bicyclic) bond motifs is 2. The maximum atomic E-state index is 2.30. The number of hydrogen-bond acceptors (Lipinski definition) is 3. The summed E-state index contributed by atoms with van der Waals surface area (Å²) in [5.74, 6) is 0. The van der Waals surface area contributed by atoms with Gasteiger partial charge in [0.1, 0.15) is 0 Å². The average Bonchev–Trinajstić information content (AvgIpc) is 2.80. The van der Waals surface area contributed by atoms with Crippen molar-refractivity contribution in [2.75, 3.05) is 19.0 Å². The Hall–Kier alpha value is -0.800. The van der Waals surface area contributed by atoms with Crippen LogP contribution in [0.4, 0.5) is 5.69 Å². The molecule has 2 aromatic rings. The van der Waals surface area contributed by atoms with Crippen molar-refractivity contribution in [2.45, 2.75) is 19.8 Å². The van der Waals surface area contributed by atoms with Crippen molar-refractivity contribution < 1.29 is 0 Å². The van der Waals surface area contributed by atoms with E-state index in [0.717, 1.165) is 12.8 Å². The van der Waals surface area contributed by atoms with Gasteiger partial charge < -0.3 is 4.90 Å². The summed E-state index contributed by atoms with van der Waals surface area (Å²) in [6, 6.07) is 0. The molecular formula is C13H15NS2. The smallest absolute Gasteiger partial charge is 0.0509 e. The highest BCUT2D eigenvalue weighted by molar-refractivity contribution is 7.11. The van der Waals surface area contributed by atoms with E-state index in [4.69, 9.17) is 0 Å². The summed E-state index contributed by atoms with van der Waals surface area (Å²) in [5.41, 5.74) is 6.04. The molecule has 16 heavy (non-hydrogen) atoms. The summed E-state index contributed by atoms with van der Waals surface area (Å²) >= 11 is 3.84. The standard InChI is InChI=1S/C13H15NS2/c1-8-6-15-12-5-10-11(14(2)3)7-16-13(10)4-9(8)12/h6-7H,4-5H2,1-3H3. The van der Waals surface area contributed by atoms with Crippen LogP contribution >= 0.6 is 22.7 Å². The molecule has 0 amide bonds. The second kappa shape index (κ2) is 3.60. The number of anilines is 1. The van der Waals surface area contributed by atoms with E-state index in [1.54, 1.807) is 20.9 Å². The Balaban J connectivity index is 2.08. The van der Waals surface area contributed by atoms with E-state index in [9.17, 15) is 0 Å². The second-order valence-electron chi connectivity index (χ2n) is 4.59. The van der Waals surface area contributed by atoms with Crippen molar-refractivity contribution in [3.05, 3.63) is 37.2 Å². The van der Waals surface area contributed by atoms with Crippen LogP contribution in [0.15, 0.2) is 10.8 Å². The minimum Gasteiger partial charge on any atom is -0.377 e. The summed E-state index contributed by atoms with van der Waals surface area (Å²) in [6.45, 7) is 2.24. The molecule has 0 spiro atoms. The molecular weight excluding hydrogens is 234 g/mol. The summed E-state index contributed by atoms with van der Waals surface area (Å²) < 4.78 is 0. The van der Waals surface area contributed by atoms with Crippen LogP contribution in [0.2, 0.25) is 0 Å². The highest BCUT2D eigenvalue weighted by Gasteiger charge is 2.23. The van der Waals surface area contributed by atoms with E-state index >= 15 is 0 Å². The highest BCUT2D eigenvalue weighted by Crippen LogP contribution is 2.40. The molecule has 2 aromatic heterocycles. The lowest BCUT2D eigenvalue weighted by Gasteiger charge is -2.18. The highest BCUT2D eigenvalue weighted by atomic mass is 32.1. The third-order valence-corrected chi connectivity index (χ3v) is 5.47. The third-order valence-electron chi connectivity index (χ3n) is 3.31. The molecule has 0 bridgehead atoms. The van der Waals surface area contributed by atoms with Crippen molar-refractivity contribution in [1.82, 2.24) is 0 Å². The van der Waals surface area contributed by atoms with Gasteiger partial charge in [-0.05, 0) is 29.0 Å². The molecule has 0 radical (unpaired) electrons. The van der Waals surface area contributed by atoms with Crippen molar-refractivity contribution in [1.29, 1.82) is 0 Å². The average molecular weight is 249 g/mol. The topological polar surface area (TPSA) is 3.24 Å². The molecule has 3 heteroatoms. The summed E-state index contributed by atoms with van der Waals surface area (Å²) in [6.07, 6.45) is 2.29. The summed E-state index contributed by atoms with van der Waals surface area (Å²) in [4.78, 5) is 5.38. The van der Waals surface area contributed by atoms with Crippen LogP contribution in [0, 0.1) is 6.92 Å². The number of hydrogen-bond donors (Lipinski definition) is 0. The minimum absolute atomic E-state index is 1.14. The second-order valence-corrected chi connectivity index (χ2v) is 6.52. The Bertz CT molecular complexity index is 534. The normalized spacial score (nSPS) is 13.4. The quantitative estimate of drug-likeness (QED) is 0.636. The Morgan fingerprint density at radius 3 is 2.38 bits per heavy atom. The van der Waals surface area contributed by atoms with Crippen molar-refractivity contribution in [3.63, 3.8) is 0 Å². The molecule has 0 aliphatic heterocycles. The molecule has 0 N–H and O–H groups in total. The largest absolute Gasteiger partial charge is 0.377 e. The van der Waals surface area contributed by atoms with E-state index in [1.165, 1.54) is 11.3 Å². The molecule has 2 heterocycles. The van der Waals surface area contributed by atoms with Gasteiger partial charge in [-0.15, -0.1) is 22.7 Å². The van der Waals surface area contributed by atoms with Gasteiger partial charge in [0.05, 0.1) is 5.69 Å². The zero-order valence-corrected chi connectivity index (χ0v) is 11.5. The van der Waals surface area contributed by atoms with Crippen LogP contribution in [0.5, 0.6) is 0 Å². The Morgan fingerprint density at radius 1 is 1.00 bits per heavy atom. The molecule has 84 valence electrons. The lowest BCUT2D eigenvalue weighted by Crippen LogP contribution is -2.12. The summed E-state index contributed by atoms with van der Waals surface area (Å²) in [5, 5.41) is 4.60. The number of nitrogens with zero attached hydrogens (tertiary/aromatic N) is 1. The monoisotopic (exact) mass is 249 g/mol. The van der Waals surface area contributed by atoms with Crippen LogP contribution in [0.25, 0.3) is 0 Å². The van der Waals surface area contributed by atoms with Crippen molar-refractivity contribution >= 4 is 28.4 Å². The van der Waals surface area contributed by atoms with Gasteiger partial charge in [0.15, 0.2) is 0 Å². The Kier molecular flexibility index (Phi) is 2.33. The molecule has 1 aliphatic rings. The van der Waals surface area contributed by atoms with Crippen molar-refractivity contribution in [2.24, 2.45) is 0 Å². The van der Waals surface area contributed by atoms with Gasteiger partial charge in [0, 0.05) is 42.1 Å². The van der Waals surface area contributed by atoms with E-state index in [2.05, 4.69) is 36.7 Å². The fraction of sp³-hybridized carbons (Fsp3) is 0.385. The zero-order chi connectivity index (χ0) is 11.3. The lowest BCUT2D eigenvalue weighted by atomic mass is 9.95. The third kappa shape index (κ3) is 1.42. The zero-order valence-electron chi connectivity index (χ0n) is 9.83. The van der Waals surface area contributed by atoms with E-state index < -0.39 is 0 Å². The fourth-order valence-electron chi connectivity index (χ4n) is 2.35. The molecule has 0 saturated carbocycles. The predicted molar refractivity (Wildman–Crippen MR) is 73.3 cm³/mol. The van der Waals surface area contributed by atoms with Crippen LogP contribution in [-0.4, -0.2) is 14.1 Å². The van der Waals surface area contributed by atoms with Gasteiger partial charge in [-0.1, -0.05) is 0 Å². The first-order valence-electron chi connectivity index (χ1n) is 5.49. The molecule has 1 aliphatic carbocycles. The van der Waals surface area contributed by atoms with Gasteiger partial charge in [-0.2, -0.15) is 0 Å². The first kappa shape index (κ1) is 10.4. The predicted octanol–water partition coefficient (Wildman–Crippen LogP) is 3.68. The number of aryl methyl sites for hydroxylation is 1. The first-order chi connectivity index (χ1) is 7.66. The fourth-order valence-corrected chi connectivity index (χ4v) is 4.57. The molecule has 3 rings (SSSR count). The molecule has 1 nitrogen and oxygen atoms in total. The van der Waals surface area contributed by atoms with Crippen LogP contribution in [0.3, 0.4) is 0 Å². The van der Waals surface area contributed by atoms with Gasteiger partial charge in [0.25, 0.3) is 0 Å². The van der Waals surface area contributed by atoms with Crippen LogP contribution in [0.1, 0.15) is 26.4 Å². The van der Waals surface area contributed by atoms with Gasteiger partial charge in [0.2, 0.25) is 0 Å². The maximum Gasteiger partial charge on any atom is 0.0509 e. The van der Waals surface area contributed by atoms with Crippen LogP contribution in [-0.2, 0) is 12.8 Å².